The molecular formula is C18H22F2N4O2. The van der Waals surface area contributed by atoms with Gasteiger partial charge in [0.15, 0.2) is 11.6 Å². The number of nitrogens with one attached hydrogen (secondary N) is 1. The van der Waals surface area contributed by atoms with Gasteiger partial charge in [-0.2, -0.15) is 0 Å². The van der Waals surface area contributed by atoms with Crippen LogP contribution >= 0.6 is 0 Å². The highest BCUT2D eigenvalue weighted by Crippen LogP contribution is 2.29. The molecule has 1 aromatic heterocycles. The van der Waals surface area contributed by atoms with E-state index in [1.54, 1.807) is 21.9 Å². The first kappa shape index (κ1) is 18.3. The van der Waals surface area contributed by atoms with E-state index in [1.165, 1.54) is 12.1 Å². The largest absolute Gasteiger partial charge is 0.385 e. The molecule has 2 aromatic rings. The van der Waals surface area contributed by atoms with Crippen LogP contribution in [-0.2, 0) is 13.6 Å². The van der Waals surface area contributed by atoms with Crippen molar-refractivity contribution in [1.29, 1.82) is 0 Å². The second kappa shape index (κ2) is 7.82. The summed E-state index contributed by atoms with van der Waals surface area (Å²) in [4.78, 5) is 18.0. The molecule has 0 radical (unpaired) electrons. The number of halogens is 2. The summed E-state index contributed by atoms with van der Waals surface area (Å²) in [5.41, 5.74) is 0.110. The summed E-state index contributed by atoms with van der Waals surface area (Å²) in [7, 11) is 1.83. The highest BCUT2D eigenvalue weighted by atomic mass is 19.2. The Balaban J connectivity index is 1.50. The maximum absolute atomic E-state index is 13.6. The molecule has 2 amide bonds. The third kappa shape index (κ3) is 3.85. The first-order chi connectivity index (χ1) is 12.5. The summed E-state index contributed by atoms with van der Waals surface area (Å²) in [6.07, 6.45) is 4.06. The van der Waals surface area contributed by atoms with E-state index in [0.717, 1.165) is 6.07 Å². The fourth-order valence-corrected chi connectivity index (χ4v) is 3.26. The number of piperidine rings is 1. The molecule has 26 heavy (non-hydrogen) atoms. The van der Waals surface area contributed by atoms with Crippen LogP contribution in [-0.4, -0.2) is 38.7 Å². The van der Waals surface area contributed by atoms with Crippen LogP contribution in [0.15, 0.2) is 30.6 Å². The molecule has 6 nitrogen and oxygen atoms in total. The van der Waals surface area contributed by atoms with Gasteiger partial charge in [-0.25, -0.2) is 18.6 Å². The molecule has 0 bridgehead atoms. The summed E-state index contributed by atoms with van der Waals surface area (Å²) >= 11 is 0. The molecule has 2 heterocycles. The predicted octanol–water partition coefficient (Wildman–Crippen LogP) is 2.35. The molecule has 1 fully saturated rings. The van der Waals surface area contributed by atoms with Crippen LogP contribution in [0.5, 0.6) is 0 Å². The maximum Gasteiger partial charge on any atom is 0.317 e. The predicted molar refractivity (Wildman–Crippen MR) is 91.1 cm³/mol. The number of benzene rings is 1. The number of nitrogens with zero attached hydrogens (tertiary/aromatic N) is 3. The number of rotatable bonds is 4. The van der Waals surface area contributed by atoms with Crippen molar-refractivity contribution in [2.45, 2.75) is 25.5 Å². The average molecular weight is 364 g/mol. The first-order valence-electron chi connectivity index (χ1n) is 8.58. The number of urea groups is 1. The number of aryl methyl sites for hydroxylation is 1. The number of amides is 2. The Morgan fingerprint density at radius 2 is 2.12 bits per heavy atom. The fourth-order valence-electron chi connectivity index (χ4n) is 3.26. The van der Waals surface area contributed by atoms with Gasteiger partial charge in [-0.15, -0.1) is 0 Å². The quantitative estimate of drug-likeness (QED) is 0.875. The molecule has 1 aromatic carbocycles. The number of hydrogen-bond donors (Lipinski definition) is 2. The Kier molecular flexibility index (Phi) is 5.51. The third-order valence-corrected chi connectivity index (χ3v) is 4.86. The molecule has 140 valence electrons. The summed E-state index contributed by atoms with van der Waals surface area (Å²) in [5.74, 6) is -1.22. The molecule has 2 N–H and O–H groups in total. The molecule has 0 spiro atoms. The van der Waals surface area contributed by atoms with Gasteiger partial charge in [0.05, 0.1) is 0 Å². The SMILES string of the molecule is Cn1ccnc1[C@@H](O)C1CCN(C(=O)NCc2cccc(F)c2F)CC1. The molecule has 3 rings (SSSR count). The fraction of sp³-hybridized carbons (Fsp3) is 0.444. The summed E-state index contributed by atoms with van der Waals surface area (Å²) in [5, 5.41) is 13.1. The van der Waals surface area contributed by atoms with E-state index in [0.29, 0.717) is 31.8 Å². The van der Waals surface area contributed by atoms with Crippen LogP contribution in [0.3, 0.4) is 0 Å². The topological polar surface area (TPSA) is 70.4 Å². The highest BCUT2D eigenvalue weighted by molar-refractivity contribution is 5.74. The van der Waals surface area contributed by atoms with E-state index in [2.05, 4.69) is 10.3 Å². The van der Waals surface area contributed by atoms with Crippen molar-refractivity contribution < 1.29 is 18.7 Å². The van der Waals surface area contributed by atoms with Gasteiger partial charge in [0.25, 0.3) is 0 Å². The number of aliphatic hydroxyl groups excluding tert-OH is 1. The molecule has 0 saturated carbocycles. The van der Waals surface area contributed by atoms with Crippen molar-refractivity contribution in [3.05, 3.63) is 53.6 Å². The van der Waals surface area contributed by atoms with Gasteiger partial charge in [-0.05, 0) is 24.8 Å². The van der Waals surface area contributed by atoms with Crippen molar-refractivity contribution in [3.8, 4) is 0 Å². The van der Waals surface area contributed by atoms with Gasteiger partial charge in [-0.1, -0.05) is 12.1 Å². The number of carbonyl (C=O) groups excluding carboxylic acids is 1. The van der Waals surface area contributed by atoms with Crippen molar-refractivity contribution >= 4 is 6.03 Å². The number of hydrogen-bond acceptors (Lipinski definition) is 3. The van der Waals surface area contributed by atoms with Crippen molar-refractivity contribution in [3.63, 3.8) is 0 Å². The van der Waals surface area contributed by atoms with Crippen LogP contribution in [0.1, 0.15) is 30.3 Å². The number of aliphatic hydroxyl groups is 1. The molecule has 8 heteroatoms. The molecule has 1 saturated heterocycles. The molecule has 0 unspecified atom stereocenters. The Morgan fingerprint density at radius 1 is 1.38 bits per heavy atom. The lowest BCUT2D eigenvalue weighted by Gasteiger charge is -2.34. The van der Waals surface area contributed by atoms with Gasteiger partial charge in [0, 0.05) is 44.6 Å². The Labute approximate surface area is 150 Å². The molecule has 1 aliphatic heterocycles. The second-order valence-corrected chi connectivity index (χ2v) is 6.54. The Bertz CT molecular complexity index is 772. The van der Waals surface area contributed by atoms with Crippen LogP contribution in [0.25, 0.3) is 0 Å². The normalized spacial score (nSPS) is 16.5. The zero-order valence-electron chi connectivity index (χ0n) is 14.5. The van der Waals surface area contributed by atoms with Gasteiger partial charge in [0.2, 0.25) is 0 Å². The summed E-state index contributed by atoms with van der Waals surface area (Å²) < 4.78 is 28.6. The Hall–Kier alpha value is -2.48. The van der Waals surface area contributed by atoms with Crippen LogP contribution in [0.4, 0.5) is 13.6 Å². The number of aromatic nitrogens is 2. The van der Waals surface area contributed by atoms with E-state index < -0.39 is 17.7 Å². The first-order valence-corrected chi connectivity index (χ1v) is 8.58. The zero-order valence-corrected chi connectivity index (χ0v) is 14.5. The van der Waals surface area contributed by atoms with E-state index >= 15 is 0 Å². The van der Waals surface area contributed by atoms with Gasteiger partial charge in [-0.3, -0.25) is 0 Å². The standard InChI is InChI=1S/C18H22F2N4O2/c1-23-10-7-21-17(23)16(25)12-5-8-24(9-6-12)18(26)22-11-13-3-2-4-14(19)15(13)20/h2-4,7,10,12,16,25H,5-6,8-9,11H2,1H3,(H,22,26)/t16-/m0/s1. The van der Waals surface area contributed by atoms with Gasteiger partial charge in [0.1, 0.15) is 11.9 Å². The average Bonchev–Trinajstić information content (AvgIpc) is 3.08. The molecule has 0 aliphatic carbocycles. The lowest BCUT2D eigenvalue weighted by atomic mass is 9.91. The van der Waals surface area contributed by atoms with E-state index in [-0.39, 0.29) is 24.1 Å². The minimum atomic E-state index is -0.940. The van der Waals surface area contributed by atoms with Crippen LogP contribution in [0, 0.1) is 17.6 Å². The second-order valence-electron chi connectivity index (χ2n) is 6.54. The minimum Gasteiger partial charge on any atom is -0.385 e. The molecule has 1 atom stereocenters. The van der Waals surface area contributed by atoms with E-state index in [1.807, 2.05) is 7.05 Å². The minimum absolute atomic E-state index is 0.0285. The summed E-state index contributed by atoms with van der Waals surface area (Å²) in [6.45, 7) is 0.908. The molecule has 1 aliphatic rings. The van der Waals surface area contributed by atoms with E-state index in [4.69, 9.17) is 0 Å². The summed E-state index contributed by atoms with van der Waals surface area (Å²) in [6, 6.07) is 3.57. The van der Waals surface area contributed by atoms with Crippen LogP contribution < -0.4 is 5.32 Å². The number of carbonyl (C=O) groups is 1. The third-order valence-electron chi connectivity index (χ3n) is 4.86. The van der Waals surface area contributed by atoms with Crippen LogP contribution in [0.2, 0.25) is 0 Å². The molecular weight excluding hydrogens is 342 g/mol. The maximum atomic E-state index is 13.6. The van der Waals surface area contributed by atoms with Crippen molar-refractivity contribution in [1.82, 2.24) is 19.8 Å². The Morgan fingerprint density at radius 3 is 2.77 bits per heavy atom. The smallest absolute Gasteiger partial charge is 0.317 e. The lowest BCUT2D eigenvalue weighted by Crippen LogP contribution is -2.45. The number of imidazole rings is 1. The highest BCUT2D eigenvalue weighted by Gasteiger charge is 2.30. The zero-order chi connectivity index (χ0) is 18.7. The van der Waals surface area contributed by atoms with Crippen molar-refractivity contribution in [2.24, 2.45) is 13.0 Å². The van der Waals surface area contributed by atoms with Gasteiger partial charge < -0.3 is 19.9 Å². The van der Waals surface area contributed by atoms with Gasteiger partial charge >= 0.3 is 6.03 Å². The monoisotopic (exact) mass is 364 g/mol. The van der Waals surface area contributed by atoms with Crippen molar-refractivity contribution in [2.75, 3.05) is 13.1 Å². The lowest BCUT2D eigenvalue weighted by molar-refractivity contribution is 0.0584. The van der Waals surface area contributed by atoms with E-state index in [9.17, 15) is 18.7 Å². The number of likely N-dealkylation sites (tertiary alicyclic amines) is 1.